The molecule has 0 fully saturated rings. The van der Waals surface area contributed by atoms with Gasteiger partial charge in [-0.05, 0) is 36.4 Å². The highest BCUT2D eigenvalue weighted by atomic mass is 32.2. The van der Waals surface area contributed by atoms with E-state index in [1.165, 1.54) is 22.3 Å². The van der Waals surface area contributed by atoms with Crippen LogP contribution in [0.4, 0.5) is 4.39 Å². The number of carbonyl (C=O) groups excluding carboxylic acids is 1. The van der Waals surface area contributed by atoms with E-state index < -0.39 is 0 Å². The maximum atomic E-state index is 14.1. The summed E-state index contributed by atoms with van der Waals surface area (Å²) in [6.07, 6.45) is 6.48. The first kappa shape index (κ1) is 18.4. The highest BCUT2D eigenvalue weighted by Gasteiger charge is 2.11. The number of halogens is 1. The van der Waals surface area contributed by atoms with Gasteiger partial charge in [-0.2, -0.15) is 4.99 Å². The normalized spacial score (nSPS) is 11.6. The van der Waals surface area contributed by atoms with Crippen molar-refractivity contribution in [1.29, 1.82) is 0 Å². The van der Waals surface area contributed by atoms with E-state index in [4.69, 9.17) is 6.42 Å². The molecule has 0 saturated heterocycles. The number of aromatic nitrogens is 1. The van der Waals surface area contributed by atoms with E-state index >= 15 is 0 Å². The van der Waals surface area contributed by atoms with E-state index in [0.29, 0.717) is 16.7 Å². The summed E-state index contributed by atoms with van der Waals surface area (Å²) in [5, 5.41) is 0. The maximum absolute atomic E-state index is 14.1. The number of hydrogen-bond acceptors (Lipinski definition) is 3. The Hall–Kier alpha value is -2.36. The van der Waals surface area contributed by atoms with Crippen LogP contribution in [-0.2, 0) is 11.3 Å². The largest absolute Gasteiger partial charge is 0.302 e. The van der Waals surface area contributed by atoms with Crippen LogP contribution in [0.15, 0.2) is 58.4 Å². The molecule has 0 aliphatic heterocycles. The van der Waals surface area contributed by atoms with Gasteiger partial charge >= 0.3 is 0 Å². The molecule has 0 atom stereocenters. The Morgan fingerprint density at radius 1 is 1.23 bits per heavy atom. The van der Waals surface area contributed by atoms with Crippen molar-refractivity contribution >= 4 is 39.2 Å². The first-order chi connectivity index (χ1) is 12.7. The van der Waals surface area contributed by atoms with E-state index in [1.807, 2.05) is 30.3 Å². The maximum Gasteiger partial charge on any atom is 0.248 e. The fourth-order valence-corrected chi connectivity index (χ4v) is 4.44. The van der Waals surface area contributed by atoms with Crippen LogP contribution < -0.4 is 4.80 Å². The Kier molecular flexibility index (Phi) is 6.26. The number of para-hydroxylation sites is 1. The number of amides is 1. The number of carbonyl (C=O) groups is 1. The Bertz CT molecular complexity index is 1020. The number of thioether (sulfide) groups is 1. The minimum absolute atomic E-state index is 0.177. The zero-order valence-corrected chi connectivity index (χ0v) is 15.7. The van der Waals surface area contributed by atoms with Gasteiger partial charge in [0.25, 0.3) is 0 Å². The average Bonchev–Trinajstić information content (AvgIpc) is 2.98. The summed E-state index contributed by atoms with van der Waals surface area (Å²) in [5.41, 5.74) is 0.404. The van der Waals surface area contributed by atoms with Crippen molar-refractivity contribution in [2.45, 2.75) is 24.3 Å². The predicted molar refractivity (Wildman–Crippen MR) is 106 cm³/mol. The molecule has 1 heterocycles. The van der Waals surface area contributed by atoms with Crippen LogP contribution in [0.2, 0.25) is 0 Å². The molecule has 132 valence electrons. The van der Waals surface area contributed by atoms with E-state index in [9.17, 15) is 9.18 Å². The summed E-state index contributed by atoms with van der Waals surface area (Å²) in [6, 6.07) is 14.9. The molecule has 26 heavy (non-hydrogen) atoms. The summed E-state index contributed by atoms with van der Waals surface area (Å²) >= 11 is 2.99. The molecule has 0 radical (unpaired) electrons. The second-order valence-corrected chi connectivity index (χ2v) is 7.71. The molecule has 6 heteroatoms. The highest BCUT2D eigenvalue weighted by Crippen LogP contribution is 2.21. The lowest BCUT2D eigenvalue weighted by Crippen LogP contribution is -2.17. The fraction of sp³-hybridized carbons (Fsp3) is 0.200. The van der Waals surface area contributed by atoms with Crippen molar-refractivity contribution in [2.75, 3.05) is 5.75 Å². The van der Waals surface area contributed by atoms with Crippen molar-refractivity contribution < 1.29 is 9.18 Å². The minimum atomic E-state index is -0.359. The summed E-state index contributed by atoms with van der Waals surface area (Å²) in [5.74, 6) is 2.78. The molecule has 3 rings (SSSR count). The third-order valence-corrected chi connectivity index (χ3v) is 5.81. The molecule has 0 unspecified atom stereocenters. The molecule has 2 aromatic carbocycles. The third-order valence-electron chi connectivity index (χ3n) is 3.67. The van der Waals surface area contributed by atoms with Gasteiger partial charge in [0.15, 0.2) is 4.80 Å². The molecule has 0 saturated carbocycles. The van der Waals surface area contributed by atoms with Crippen LogP contribution in [-0.4, -0.2) is 16.2 Å². The van der Waals surface area contributed by atoms with E-state index in [1.54, 1.807) is 28.5 Å². The molecule has 0 bridgehead atoms. The van der Waals surface area contributed by atoms with Gasteiger partial charge in [-0.25, -0.2) is 4.39 Å². The lowest BCUT2D eigenvalue weighted by molar-refractivity contribution is -0.118. The number of terminal acetylenes is 1. The summed E-state index contributed by atoms with van der Waals surface area (Å²) < 4.78 is 16.4. The van der Waals surface area contributed by atoms with Crippen molar-refractivity contribution in [2.24, 2.45) is 4.99 Å². The van der Waals surface area contributed by atoms with Crippen LogP contribution in [0.1, 0.15) is 12.8 Å². The number of fused-ring (bicyclic) bond motifs is 1. The number of hydrogen-bond donors (Lipinski definition) is 0. The molecule has 3 aromatic rings. The van der Waals surface area contributed by atoms with Gasteiger partial charge < -0.3 is 4.57 Å². The Labute approximate surface area is 159 Å². The number of rotatable bonds is 6. The van der Waals surface area contributed by atoms with E-state index in [0.717, 1.165) is 16.9 Å². The van der Waals surface area contributed by atoms with Gasteiger partial charge in [-0.3, -0.25) is 4.79 Å². The standard InChI is InChI=1S/C20H17FN2OS2/c1-2-13-23-19-16(21)10-6-11-17(19)26-20(23)22-18(24)12-7-14-25-15-8-4-3-5-9-15/h1,3-6,8-11H,7,12-14H2. The lowest BCUT2D eigenvalue weighted by Gasteiger charge is -2.01. The van der Waals surface area contributed by atoms with Crippen LogP contribution in [0.25, 0.3) is 10.2 Å². The van der Waals surface area contributed by atoms with Crippen molar-refractivity contribution in [3.05, 3.63) is 59.1 Å². The predicted octanol–water partition coefficient (Wildman–Crippen LogP) is 4.47. The lowest BCUT2D eigenvalue weighted by atomic mass is 10.3. The highest BCUT2D eigenvalue weighted by molar-refractivity contribution is 7.99. The molecular weight excluding hydrogens is 367 g/mol. The first-order valence-corrected chi connectivity index (χ1v) is 9.96. The first-order valence-electron chi connectivity index (χ1n) is 8.16. The Morgan fingerprint density at radius 2 is 2.04 bits per heavy atom. The smallest absolute Gasteiger partial charge is 0.248 e. The van der Waals surface area contributed by atoms with Crippen molar-refractivity contribution in [3.63, 3.8) is 0 Å². The number of nitrogens with zero attached hydrogens (tertiary/aromatic N) is 2. The minimum Gasteiger partial charge on any atom is -0.302 e. The number of thiazole rings is 1. The quantitative estimate of drug-likeness (QED) is 0.357. The van der Waals surface area contributed by atoms with Gasteiger partial charge in [0, 0.05) is 11.3 Å². The summed E-state index contributed by atoms with van der Waals surface area (Å²) in [4.78, 5) is 18.0. The molecule has 1 aromatic heterocycles. The van der Waals surface area contributed by atoms with Crippen LogP contribution >= 0.6 is 23.1 Å². The van der Waals surface area contributed by atoms with Crippen LogP contribution in [0.3, 0.4) is 0 Å². The second-order valence-electron chi connectivity index (χ2n) is 5.53. The van der Waals surface area contributed by atoms with E-state index in [-0.39, 0.29) is 18.3 Å². The zero-order valence-electron chi connectivity index (χ0n) is 14.0. The molecule has 0 N–H and O–H groups in total. The fourth-order valence-electron chi connectivity index (χ4n) is 2.50. The molecule has 0 spiro atoms. The SMILES string of the molecule is C#CCn1c(=NC(=O)CCCSc2ccccc2)sc2cccc(F)c21. The molecular formula is C20H17FN2OS2. The molecule has 0 aliphatic rings. The Morgan fingerprint density at radius 3 is 2.81 bits per heavy atom. The van der Waals surface area contributed by atoms with Gasteiger partial charge in [0.1, 0.15) is 5.82 Å². The van der Waals surface area contributed by atoms with Gasteiger partial charge in [-0.1, -0.05) is 41.5 Å². The zero-order chi connectivity index (χ0) is 18.4. The van der Waals surface area contributed by atoms with E-state index in [2.05, 4.69) is 10.9 Å². The van der Waals surface area contributed by atoms with Gasteiger partial charge in [0.2, 0.25) is 5.91 Å². The molecule has 3 nitrogen and oxygen atoms in total. The van der Waals surface area contributed by atoms with Crippen LogP contribution in [0, 0.1) is 18.2 Å². The summed E-state index contributed by atoms with van der Waals surface area (Å²) in [7, 11) is 0. The van der Waals surface area contributed by atoms with Gasteiger partial charge in [0.05, 0.1) is 16.8 Å². The second kappa shape index (κ2) is 8.84. The third kappa shape index (κ3) is 4.43. The Balaban J connectivity index is 1.71. The van der Waals surface area contributed by atoms with Crippen LogP contribution in [0.5, 0.6) is 0 Å². The average molecular weight is 385 g/mol. The molecule has 1 amide bonds. The molecule has 0 aliphatic carbocycles. The topological polar surface area (TPSA) is 34.4 Å². The summed E-state index contributed by atoms with van der Waals surface area (Å²) in [6.45, 7) is 0.177. The van der Waals surface area contributed by atoms with Crippen molar-refractivity contribution in [1.82, 2.24) is 4.57 Å². The van der Waals surface area contributed by atoms with Crippen molar-refractivity contribution in [3.8, 4) is 12.3 Å². The monoisotopic (exact) mass is 384 g/mol. The van der Waals surface area contributed by atoms with Gasteiger partial charge in [-0.15, -0.1) is 18.2 Å². The number of benzene rings is 2.